The largest absolute Gasteiger partial charge is 0.481 e. The molecule has 0 spiro atoms. The van der Waals surface area contributed by atoms with Crippen molar-refractivity contribution in [3.63, 3.8) is 0 Å². The van der Waals surface area contributed by atoms with Gasteiger partial charge in [0.1, 0.15) is 6.42 Å². The average molecular weight is 215 g/mol. The van der Waals surface area contributed by atoms with Crippen LogP contribution in [0.3, 0.4) is 0 Å². The van der Waals surface area contributed by atoms with Crippen LogP contribution in [0.25, 0.3) is 0 Å². The molecule has 0 aromatic heterocycles. The Kier molecular flexibility index (Phi) is 4.55. The van der Waals surface area contributed by atoms with Crippen molar-refractivity contribution in [2.24, 2.45) is 5.92 Å². The van der Waals surface area contributed by atoms with Gasteiger partial charge in [0, 0.05) is 20.2 Å². The molecule has 1 fully saturated rings. The monoisotopic (exact) mass is 215 g/mol. The van der Waals surface area contributed by atoms with Crippen LogP contribution < -0.4 is 0 Å². The number of likely N-dealkylation sites (N-methyl/N-ethyl adjacent to an activating group) is 1. The number of hydrogen-bond donors (Lipinski definition) is 1. The smallest absolute Gasteiger partial charge is 0.312 e. The first-order valence-electron chi connectivity index (χ1n) is 5.13. The summed E-state index contributed by atoms with van der Waals surface area (Å²) in [6, 6.07) is 0. The Morgan fingerprint density at radius 2 is 2.13 bits per heavy atom. The first kappa shape index (κ1) is 12.0. The maximum absolute atomic E-state index is 11.2. The molecule has 1 aliphatic carbocycles. The highest BCUT2D eigenvalue weighted by Crippen LogP contribution is 2.28. The second-order valence-electron chi connectivity index (χ2n) is 3.90. The number of amides is 1. The van der Waals surface area contributed by atoms with Crippen molar-refractivity contribution in [1.82, 2.24) is 4.90 Å². The van der Waals surface area contributed by atoms with Crippen molar-refractivity contribution in [1.29, 1.82) is 0 Å². The molecule has 0 aliphatic heterocycles. The van der Waals surface area contributed by atoms with Gasteiger partial charge in [0.2, 0.25) is 5.91 Å². The predicted octanol–water partition coefficient (Wildman–Crippen LogP) is 0.346. The molecule has 5 heteroatoms. The lowest BCUT2D eigenvalue weighted by Gasteiger charge is -2.15. The lowest BCUT2D eigenvalue weighted by atomic mass is 10.4. The highest BCUT2D eigenvalue weighted by atomic mass is 16.5. The van der Waals surface area contributed by atoms with E-state index in [0.717, 1.165) is 6.61 Å². The maximum Gasteiger partial charge on any atom is 0.312 e. The van der Waals surface area contributed by atoms with E-state index >= 15 is 0 Å². The minimum absolute atomic E-state index is 0.377. The molecule has 0 saturated heterocycles. The number of hydrogen-bond acceptors (Lipinski definition) is 3. The van der Waals surface area contributed by atoms with E-state index in [-0.39, 0.29) is 5.91 Å². The zero-order valence-corrected chi connectivity index (χ0v) is 8.94. The number of carboxylic acid groups (broad SMARTS) is 1. The third kappa shape index (κ3) is 5.37. The van der Waals surface area contributed by atoms with Crippen molar-refractivity contribution in [3.8, 4) is 0 Å². The maximum atomic E-state index is 11.2. The summed E-state index contributed by atoms with van der Waals surface area (Å²) in [5.41, 5.74) is 0. The molecule has 0 unspecified atom stereocenters. The zero-order chi connectivity index (χ0) is 11.3. The Balaban J connectivity index is 2.02. The summed E-state index contributed by atoms with van der Waals surface area (Å²) in [5.74, 6) is -0.756. The summed E-state index contributed by atoms with van der Waals surface area (Å²) >= 11 is 0. The zero-order valence-electron chi connectivity index (χ0n) is 8.94. The summed E-state index contributed by atoms with van der Waals surface area (Å²) in [5, 5.41) is 8.41. The number of carbonyl (C=O) groups is 2. The molecule has 5 nitrogen and oxygen atoms in total. The number of aliphatic carboxylic acids is 1. The minimum Gasteiger partial charge on any atom is -0.481 e. The molecule has 15 heavy (non-hydrogen) atoms. The standard InChI is InChI=1S/C10H17NO4/c1-11(9(12)6-10(13)14)4-5-15-7-8-2-3-8/h8H,2-7H2,1H3,(H,13,14). The number of carbonyl (C=O) groups excluding carboxylic acids is 1. The van der Waals surface area contributed by atoms with Gasteiger partial charge in [-0.1, -0.05) is 0 Å². The van der Waals surface area contributed by atoms with Gasteiger partial charge in [-0.2, -0.15) is 0 Å². The van der Waals surface area contributed by atoms with Crippen LogP contribution in [-0.4, -0.2) is 48.7 Å². The van der Waals surface area contributed by atoms with E-state index in [2.05, 4.69) is 0 Å². The van der Waals surface area contributed by atoms with Gasteiger partial charge >= 0.3 is 5.97 Å². The van der Waals surface area contributed by atoms with Crippen LogP contribution in [0.4, 0.5) is 0 Å². The van der Waals surface area contributed by atoms with Crippen LogP contribution in [0.1, 0.15) is 19.3 Å². The molecule has 0 bridgehead atoms. The van der Waals surface area contributed by atoms with Crippen LogP contribution in [0, 0.1) is 5.92 Å². The van der Waals surface area contributed by atoms with Crippen LogP contribution in [0.15, 0.2) is 0 Å². The Labute approximate surface area is 89.0 Å². The predicted molar refractivity (Wildman–Crippen MR) is 53.4 cm³/mol. The van der Waals surface area contributed by atoms with Crippen molar-refractivity contribution < 1.29 is 19.4 Å². The number of ether oxygens (including phenoxy) is 1. The van der Waals surface area contributed by atoms with Crippen molar-refractivity contribution in [2.75, 3.05) is 26.8 Å². The molecular formula is C10H17NO4. The minimum atomic E-state index is -1.09. The van der Waals surface area contributed by atoms with Gasteiger partial charge in [0.05, 0.1) is 6.61 Å². The third-order valence-corrected chi connectivity index (χ3v) is 2.35. The Hall–Kier alpha value is -1.10. The molecule has 1 N–H and O–H groups in total. The van der Waals surface area contributed by atoms with Crippen LogP contribution in [0.2, 0.25) is 0 Å². The SMILES string of the molecule is CN(CCOCC1CC1)C(=O)CC(=O)O. The lowest BCUT2D eigenvalue weighted by Crippen LogP contribution is -2.31. The van der Waals surface area contributed by atoms with Gasteiger partial charge in [-0.3, -0.25) is 9.59 Å². The fraction of sp³-hybridized carbons (Fsp3) is 0.800. The molecule has 0 radical (unpaired) electrons. The average Bonchev–Trinajstić information content (AvgIpc) is 2.94. The quantitative estimate of drug-likeness (QED) is 0.491. The molecule has 0 heterocycles. The molecule has 0 atom stereocenters. The van der Waals surface area contributed by atoms with E-state index in [1.807, 2.05) is 0 Å². The van der Waals surface area contributed by atoms with Gasteiger partial charge in [-0.25, -0.2) is 0 Å². The van der Waals surface area contributed by atoms with Gasteiger partial charge in [-0.05, 0) is 18.8 Å². The molecule has 86 valence electrons. The van der Waals surface area contributed by atoms with Crippen LogP contribution in [-0.2, 0) is 14.3 Å². The van der Waals surface area contributed by atoms with Crippen LogP contribution in [0.5, 0.6) is 0 Å². The van der Waals surface area contributed by atoms with E-state index in [1.54, 1.807) is 7.05 Å². The highest BCUT2D eigenvalue weighted by Gasteiger charge is 2.21. The van der Waals surface area contributed by atoms with Crippen LogP contribution >= 0.6 is 0 Å². The molecular weight excluding hydrogens is 198 g/mol. The topological polar surface area (TPSA) is 66.8 Å². The van der Waals surface area contributed by atoms with Crippen molar-refractivity contribution in [3.05, 3.63) is 0 Å². The fourth-order valence-electron chi connectivity index (χ4n) is 1.13. The molecule has 1 rings (SSSR count). The van der Waals surface area contributed by atoms with E-state index in [0.29, 0.717) is 19.1 Å². The van der Waals surface area contributed by atoms with E-state index < -0.39 is 12.4 Å². The second kappa shape index (κ2) is 5.70. The molecule has 1 saturated carbocycles. The third-order valence-electron chi connectivity index (χ3n) is 2.35. The van der Waals surface area contributed by atoms with Gasteiger partial charge in [0.15, 0.2) is 0 Å². The first-order valence-corrected chi connectivity index (χ1v) is 5.13. The summed E-state index contributed by atoms with van der Waals surface area (Å²) in [4.78, 5) is 22.8. The number of nitrogens with zero attached hydrogens (tertiary/aromatic N) is 1. The summed E-state index contributed by atoms with van der Waals surface area (Å²) in [6.45, 7) is 1.71. The molecule has 1 aliphatic rings. The Bertz CT molecular complexity index is 238. The first-order chi connectivity index (χ1) is 7.09. The molecule has 0 aromatic carbocycles. The fourth-order valence-corrected chi connectivity index (χ4v) is 1.13. The van der Waals surface area contributed by atoms with Gasteiger partial charge in [-0.15, -0.1) is 0 Å². The molecule has 0 aromatic rings. The van der Waals surface area contributed by atoms with Gasteiger partial charge < -0.3 is 14.7 Å². The highest BCUT2D eigenvalue weighted by molar-refractivity contribution is 5.93. The van der Waals surface area contributed by atoms with Crippen molar-refractivity contribution >= 4 is 11.9 Å². The molecule has 1 amide bonds. The van der Waals surface area contributed by atoms with E-state index in [4.69, 9.17) is 9.84 Å². The summed E-state index contributed by atoms with van der Waals surface area (Å²) in [7, 11) is 1.59. The van der Waals surface area contributed by atoms with E-state index in [9.17, 15) is 9.59 Å². The normalized spacial score (nSPS) is 15.0. The van der Waals surface area contributed by atoms with E-state index in [1.165, 1.54) is 17.7 Å². The second-order valence-corrected chi connectivity index (χ2v) is 3.90. The number of carboxylic acids is 1. The lowest BCUT2D eigenvalue weighted by molar-refractivity contribution is -0.144. The summed E-state index contributed by atoms with van der Waals surface area (Å²) in [6.07, 6.45) is 2.04. The van der Waals surface area contributed by atoms with Crippen molar-refractivity contribution in [2.45, 2.75) is 19.3 Å². The van der Waals surface area contributed by atoms with Gasteiger partial charge in [0.25, 0.3) is 0 Å². The number of rotatable bonds is 7. The Morgan fingerprint density at radius 3 is 2.67 bits per heavy atom. The summed E-state index contributed by atoms with van der Waals surface area (Å²) < 4.78 is 5.34. The Morgan fingerprint density at radius 1 is 1.47 bits per heavy atom.